The molecule has 0 fully saturated rings. The van der Waals surface area contributed by atoms with E-state index in [-0.39, 0.29) is 24.5 Å². The summed E-state index contributed by atoms with van der Waals surface area (Å²) in [6.45, 7) is 2.26. The lowest BCUT2D eigenvalue weighted by Gasteiger charge is -2.08. The lowest BCUT2D eigenvalue weighted by atomic mass is 10.3. The first-order chi connectivity index (χ1) is 13.0. The fraction of sp³-hybridized carbons (Fsp3) is 0.222. The topological polar surface area (TPSA) is 89.9 Å². The van der Waals surface area contributed by atoms with Crippen LogP contribution in [-0.2, 0) is 19.7 Å². The molecule has 0 aliphatic carbocycles. The first kappa shape index (κ1) is 18.5. The average Bonchev–Trinajstić information content (AvgIpc) is 3.12. The summed E-state index contributed by atoms with van der Waals surface area (Å²) in [5.41, 5.74) is -0.691. The third-order valence-electron chi connectivity index (χ3n) is 3.79. The Morgan fingerprint density at radius 3 is 2.70 bits per heavy atom. The average molecular weight is 386 g/mol. The van der Waals surface area contributed by atoms with Gasteiger partial charge in [0.05, 0.1) is 12.2 Å². The molecule has 138 valence electrons. The number of nitriles is 1. The quantitative estimate of drug-likeness (QED) is 0.647. The van der Waals surface area contributed by atoms with Crippen LogP contribution in [0, 0.1) is 17.1 Å². The minimum absolute atomic E-state index is 0.0275. The van der Waals surface area contributed by atoms with Crippen molar-refractivity contribution in [1.82, 2.24) is 14.1 Å². The van der Waals surface area contributed by atoms with Crippen molar-refractivity contribution in [3.63, 3.8) is 0 Å². The third kappa shape index (κ3) is 4.12. The molecule has 0 saturated heterocycles. The molecule has 3 aromatic rings. The van der Waals surface area contributed by atoms with E-state index in [1.54, 1.807) is 12.3 Å². The number of aryl methyl sites for hydroxylation is 1. The number of benzene rings is 1. The number of nitrogens with zero attached hydrogens (tertiary/aromatic N) is 4. The van der Waals surface area contributed by atoms with Crippen LogP contribution in [0.1, 0.15) is 23.2 Å². The Bertz CT molecular complexity index is 1110. The van der Waals surface area contributed by atoms with E-state index in [4.69, 9.17) is 10.00 Å². The van der Waals surface area contributed by atoms with Crippen molar-refractivity contribution >= 4 is 11.3 Å². The first-order valence-electron chi connectivity index (χ1n) is 8.08. The number of hydrogen-bond acceptors (Lipinski definition) is 6. The normalized spacial score (nSPS) is 10.6. The zero-order chi connectivity index (χ0) is 19.4. The molecule has 2 aromatic heterocycles. The number of ether oxygens (including phenoxy) is 1. The Labute approximate surface area is 157 Å². The SMILES string of the molecule is CCn1cc(C#N)c(=O)n(Cc2csc(COc3ccc(F)cc3)n2)c1=O. The predicted octanol–water partition coefficient (Wildman–Crippen LogP) is 2.12. The lowest BCUT2D eigenvalue weighted by Crippen LogP contribution is -2.41. The van der Waals surface area contributed by atoms with Gasteiger partial charge < -0.3 is 4.74 Å². The standard InChI is InChI=1S/C18H15FN4O3S/c1-2-22-8-12(7-20)17(24)23(18(22)25)9-14-11-27-16(21-14)10-26-15-5-3-13(19)4-6-15/h3-6,8,11H,2,9-10H2,1H3. The Morgan fingerprint density at radius 2 is 2.04 bits per heavy atom. The van der Waals surface area contributed by atoms with Gasteiger partial charge in [0.2, 0.25) is 0 Å². The summed E-state index contributed by atoms with van der Waals surface area (Å²) in [5, 5.41) is 11.5. The first-order valence-corrected chi connectivity index (χ1v) is 8.95. The molecule has 0 unspecified atom stereocenters. The molecule has 1 aromatic carbocycles. The van der Waals surface area contributed by atoms with Gasteiger partial charge in [-0.15, -0.1) is 11.3 Å². The molecular weight excluding hydrogens is 371 g/mol. The largest absolute Gasteiger partial charge is 0.486 e. The Hall–Kier alpha value is -3.25. The summed E-state index contributed by atoms with van der Waals surface area (Å²) < 4.78 is 20.7. The van der Waals surface area contributed by atoms with Gasteiger partial charge in [0.1, 0.15) is 34.8 Å². The minimum Gasteiger partial charge on any atom is -0.486 e. The zero-order valence-corrected chi connectivity index (χ0v) is 15.2. The number of aromatic nitrogens is 3. The van der Waals surface area contributed by atoms with Crippen LogP contribution in [0.2, 0.25) is 0 Å². The van der Waals surface area contributed by atoms with Crippen molar-refractivity contribution in [2.24, 2.45) is 0 Å². The van der Waals surface area contributed by atoms with Crippen LogP contribution in [-0.4, -0.2) is 14.1 Å². The van der Waals surface area contributed by atoms with Gasteiger partial charge in [-0.25, -0.2) is 14.2 Å². The smallest absolute Gasteiger partial charge is 0.331 e. The van der Waals surface area contributed by atoms with Gasteiger partial charge in [0, 0.05) is 18.1 Å². The molecular formula is C18H15FN4O3S. The lowest BCUT2D eigenvalue weighted by molar-refractivity contribution is 0.305. The molecule has 0 amide bonds. The third-order valence-corrected chi connectivity index (χ3v) is 4.66. The van der Waals surface area contributed by atoms with E-state index < -0.39 is 11.2 Å². The van der Waals surface area contributed by atoms with Crippen molar-refractivity contribution in [2.45, 2.75) is 26.6 Å². The van der Waals surface area contributed by atoms with Crippen LogP contribution in [0.4, 0.5) is 4.39 Å². The van der Waals surface area contributed by atoms with Crippen molar-refractivity contribution in [2.75, 3.05) is 0 Å². The van der Waals surface area contributed by atoms with Crippen LogP contribution in [0.15, 0.2) is 45.4 Å². The summed E-state index contributed by atoms with van der Waals surface area (Å²) in [6.07, 6.45) is 1.27. The summed E-state index contributed by atoms with van der Waals surface area (Å²) >= 11 is 1.32. The van der Waals surface area contributed by atoms with Gasteiger partial charge in [0.15, 0.2) is 0 Å². The van der Waals surface area contributed by atoms with Gasteiger partial charge in [-0.05, 0) is 31.2 Å². The van der Waals surface area contributed by atoms with Crippen LogP contribution in [0.3, 0.4) is 0 Å². The Morgan fingerprint density at radius 1 is 1.30 bits per heavy atom. The van der Waals surface area contributed by atoms with Crippen LogP contribution < -0.4 is 16.0 Å². The summed E-state index contributed by atoms with van der Waals surface area (Å²) in [6, 6.07) is 7.45. The monoisotopic (exact) mass is 386 g/mol. The van der Waals surface area contributed by atoms with E-state index in [0.29, 0.717) is 23.0 Å². The van der Waals surface area contributed by atoms with Gasteiger partial charge in [-0.2, -0.15) is 5.26 Å². The molecule has 0 atom stereocenters. The fourth-order valence-electron chi connectivity index (χ4n) is 2.42. The molecule has 3 rings (SSSR count). The maximum atomic E-state index is 12.9. The highest BCUT2D eigenvalue weighted by Crippen LogP contribution is 2.16. The van der Waals surface area contributed by atoms with E-state index in [1.165, 1.54) is 46.4 Å². The molecule has 9 heteroatoms. The summed E-state index contributed by atoms with van der Waals surface area (Å²) in [7, 11) is 0. The molecule has 0 saturated carbocycles. The van der Waals surface area contributed by atoms with Gasteiger partial charge in [0.25, 0.3) is 5.56 Å². The van der Waals surface area contributed by atoms with Crippen LogP contribution >= 0.6 is 11.3 Å². The van der Waals surface area contributed by atoms with Crippen LogP contribution in [0.25, 0.3) is 0 Å². The van der Waals surface area contributed by atoms with Gasteiger partial charge >= 0.3 is 5.69 Å². The highest BCUT2D eigenvalue weighted by Gasteiger charge is 2.13. The molecule has 0 radical (unpaired) electrons. The molecule has 7 nitrogen and oxygen atoms in total. The van der Waals surface area contributed by atoms with E-state index in [0.717, 1.165) is 4.57 Å². The maximum Gasteiger partial charge on any atom is 0.331 e. The molecule has 27 heavy (non-hydrogen) atoms. The maximum absolute atomic E-state index is 12.9. The Kier molecular flexibility index (Phi) is 5.47. The number of thiazole rings is 1. The number of rotatable bonds is 6. The van der Waals surface area contributed by atoms with Gasteiger partial charge in [-0.1, -0.05) is 0 Å². The van der Waals surface area contributed by atoms with Crippen LogP contribution in [0.5, 0.6) is 5.75 Å². The number of hydrogen-bond donors (Lipinski definition) is 0. The van der Waals surface area contributed by atoms with Crippen molar-refractivity contribution < 1.29 is 9.13 Å². The van der Waals surface area contributed by atoms with Crippen molar-refractivity contribution in [1.29, 1.82) is 5.26 Å². The minimum atomic E-state index is -0.635. The van der Waals surface area contributed by atoms with Gasteiger partial charge in [-0.3, -0.25) is 13.9 Å². The predicted molar refractivity (Wildman–Crippen MR) is 97.3 cm³/mol. The molecule has 0 N–H and O–H groups in total. The molecule has 0 aliphatic rings. The van der Waals surface area contributed by atoms with Crippen molar-refractivity contribution in [3.8, 4) is 11.8 Å². The summed E-state index contributed by atoms with van der Waals surface area (Å²) in [4.78, 5) is 29.0. The molecule has 0 spiro atoms. The molecule has 2 heterocycles. The van der Waals surface area contributed by atoms with E-state index in [2.05, 4.69) is 4.98 Å². The summed E-state index contributed by atoms with van der Waals surface area (Å²) in [5.74, 6) is 0.165. The highest BCUT2D eigenvalue weighted by atomic mass is 32.1. The second-order valence-corrected chi connectivity index (χ2v) is 6.53. The van der Waals surface area contributed by atoms with E-state index in [1.807, 2.05) is 6.07 Å². The second kappa shape index (κ2) is 7.97. The van der Waals surface area contributed by atoms with E-state index >= 15 is 0 Å². The Balaban J connectivity index is 1.78. The molecule has 0 bridgehead atoms. The second-order valence-electron chi connectivity index (χ2n) is 5.59. The fourth-order valence-corrected chi connectivity index (χ4v) is 3.12. The highest BCUT2D eigenvalue weighted by molar-refractivity contribution is 7.09. The zero-order valence-electron chi connectivity index (χ0n) is 14.4. The van der Waals surface area contributed by atoms with E-state index in [9.17, 15) is 14.0 Å². The number of halogens is 1. The van der Waals surface area contributed by atoms with Crippen molar-refractivity contribution in [3.05, 3.63) is 78.8 Å². The molecule has 0 aliphatic heterocycles.